The average Bonchev–Trinajstić information content (AvgIpc) is 2.99. The van der Waals surface area contributed by atoms with Crippen molar-refractivity contribution in [3.63, 3.8) is 0 Å². The molecule has 3 aromatic rings. The lowest BCUT2D eigenvalue weighted by molar-refractivity contribution is -0.136. The van der Waals surface area contributed by atoms with Gasteiger partial charge in [0.1, 0.15) is 11.6 Å². The van der Waals surface area contributed by atoms with E-state index in [1.54, 1.807) is 32.9 Å². The van der Waals surface area contributed by atoms with Crippen molar-refractivity contribution in [3.05, 3.63) is 76.9 Å². The summed E-state index contributed by atoms with van der Waals surface area (Å²) in [6.45, 7) is 17.0. The molecule has 0 bridgehead atoms. The maximum absolute atomic E-state index is 13.2. The number of benzene rings is 2. The van der Waals surface area contributed by atoms with Gasteiger partial charge >= 0.3 is 5.97 Å². The SMILES string of the molecule is CC(C)(C)O.Cc1nc(CN2CCCCC2)c(-c2ccc(OCCc3ccc(F)cc3)cc2)c(N2CCC(C)(C)CC2)c1CC(=O)O. The lowest BCUT2D eigenvalue weighted by Gasteiger charge is -2.40. The van der Waals surface area contributed by atoms with Crippen LogP contribution in [0.2, 0.25) is 0 Å². The number of aryl methyl sites for hydroxylation is 1. The molecule has 2 aliphatic heterocycles. The van der Waals surface area contributed by atoms with Gasteiger partial charge in [0.05, 0.1) is 30.0 Å². The second kappa shape index (κ2) is 16.1. The zero-order valence-electron chi connectivity index (χ0n) is 29.2. The van der Waals surface area contributed by atoms with Crippen LogP contribution in [0, 0.1) is 18.2 Å². The largest absolute Gasteiger partial charge is 0.493 e. The van der Waals surface area contributed by atoms with Crippen LogP contribution in [0.1, 0.15) is 89.2 Å². The van der Waals surface area contributed by atoms with E-state index in [4.69, 9.17) is 14.8 Å². The molecule has 2 saturated heterocycles. The third-order valence-corrected chi connectivity index (χ3v) is 8.85. The molecule has 0 aliphatic carbocycles. The van der Waals surface area contributed by atoms with Gasteiger partial charge in [0.15, 0.2) is 0 Å². The Kier molecular flexibility index (Phi) is 12.4. The average molecular weight is 648 g/mol. The Morgan fingerprint density at radius 3 is 2.13 bits per heavy atom. The van der Waals surface area contributed by atoms with Crippen LogP contribution in [-0.2, 0) is 24.2 Å². The first kappa shape index (κ1) is 36.3. The predicted octanol–water partition coefficient (Wildman–Crippen LogP) is 7.83. The maximum Gasteiger partial charge on any atom is 0.307 e. The zero-order chi connectivity index (χ0) is 34.2. The fourth-order valence-corrected chi connectivity index (χ4v) is 6.23. The van der Waals surface area contributed by atoms with Crippen molar-refractivity contribution in [2.45, 2.75) is 98.6 Å². The van der Waals surface area contributed by atoms with Crippen molar-refractivity contribution in [1.29, 1.82) is 0 Å². The van der Waals surface area contributed by atoms with E-state index in [1.165, 1.54) is 31.4 Å². The van der Waals surface area contributed by atoms with E-state index in [1.807, 2.05) is 19.1 Å². The highest BCUT2D eigenvalue weighted by Crippen LogP contribution is 2.42. The lowest BCUT2D eigenvalue weighted by Crippen LogP contribution is -2.39. The van der Waals surface area contributed by atoms with Crippen molar-refractivity contribution in [2.75, 3.05) is 37.7 Å². The quantitative estimate of drug-likeness (QED) is 0.232. The molecule has 2 aliphatic rings. The van der Waals surface area contributed by atoms with E-state index >= 15 is 0 Å². The summed E-state index contributed by atoms with van der Waals surface area (Å²) in [6, 6.07) is 14.7. The number of hydrogen-bond donors (Lipinski definition) is 2. The molecule has 3 heterocycles. The van der Waals surface area contributed by atoms with Crippen molar-refractivity contribution < 1.29 is 24.1 Å². The summed E-state index contributed by atoms with van der Waals surface area (Å²) in [4.78, 5) is 22.1. The molecular weight excluding hydrogens is 593 g/mol. The first-order valence-corrected chi connectivity index (χ1v) is 17.1. The minimum absolute atomic E-state index is 0.0460. The van der Waals surface area contributed by atoms with E-state index in [2.05, 4.69) is 35.8 Å². The first-order chi connectivity index (χ1) is 22.2. The molecule has 47 heavy (non-hydrogen) atoms. The number of rotatable bonds is 10. The van der Waals surface area contributed by atoms with Gasteiger partial charge < -0.3 is 19.8 Å². The van der Waals surface area contributed by atoms with E-state index in [9.17, 15) is 14.3 Å². The van der Waals surface area contributed by atoms with Crippen LogP contribution in [0.5, 0.6) is 5.75 Å². The highest BCUT2D eigenvalue weighted by Gasteiger charge is 2.31. The Hall–Kier alpha value is -3.49. The van der Waals surface area contributed by atoms with Crippen LogP contribution in [0.25, 0.3) is 11.1 Å². The Balaban J connectivity index is 0.000000930. The van der Waals surface area contributed by atoms with E-state index in [-0.39, 0.29) is 17.7 Å². The Bertz CT molecular complexity index is 1440. The maximum atomic E-state index is 13.2. The lowest BCUT2D eigenvalue weighted by atomic mass is 9.82. The summed E-state index contributed by atoms with van der Waals surface area (Å²) in [5.41, 5.74) is 6.59. The smallest absolute Gasteiger partial charge is 0.307 e. The molecule has 5 rings (SSSR count). The van der Waals surface area contributed by atoms with Crippen LogP contribution >= 0.6 is 0 Å². The molecule has 2 aromatic carbocycles. The fraction of sp³-hybridized carbons (Fsp3) is 0.538. The molecular formula is C39H54FN3O4. The highest BCUT2D eigenvalue weighted by atomic mass is 19.1. The number of piperidine rings is 2. The fourth-order valence-electron chi connectivity index (χ4n) is 6.23. The van der Waals surface area contributed by atoms with Crippen LogP contribution in [0.4, 0.5) is 10.1 Å². The molecule has 8 heteroatoms. The number of hydrogen-bond acceptors (Lipinski definition) is 6. The number of halogens is 1. The number of aliphatic hydroxyl groups is 1. The molecule has 2 fully saturated rings. The second-order valence-electron chi connectivity index (χ2n) is 14.8. The minimum Gasteiger partial charge on any atom is -0.493 e. The second-order valence-corrected chi connectivity index (χ2v) is 14.8. The molecule has 0 saturated carbocycles. The van der Waals surface area contributed by atoms with Crippen molar-refractivity contribution in [3.8, 4) is 16.9 Å². The van der Waals surface area contributed by atoms with Crippen LogP contribution in [-0.4, -0.2) is 64.5 Å². The summed E-state index contributed by atoms with van der Waals surface area (Å²) in [7, 11) is 0. The van der Waals surface area contributed by atoms with Gasteiger partial charge in [-0.15, -0.1) is 0 Å². The van der Waals surface area contributed by atoms with Gasteiger partial charge in [0.2, 0.25) is 0 Å². The Morgan fingerprint density at radius 2 is 1.55 bits per heavy atom. The van der Waals surface area contributed by atoms with Crippen molar-refractivity contribution in [1.82, 2.24) is 9.88 Å². The Morgan fingerprint density at radius 1 is 0.957 bits per heavy atom. The summed E-state index contributed by atoms with van der Waals surface area (Å²) in [6.07, 6.45) is 6.43. The molecule has 256 valence electrons. The highest BCUT2D eigenvalue weighted by molar-refractivity contribution is 5.86. The summed E-state index contributed by atoms with van der Waals surface area (Å²) >= 11 is 0. The number of likely N-dealkylation sites (tertiary alicyclic amines) is 1. The number of anilines is 1. The zero-order valence-corrected chi connectivity index (χ0v) is 29.2. The van der Waals surface area contributed by atoms with E-state index in [0.717, 1.165) is 90.6 Å². The number of aliphatic carboxylic acids is 1. The van der Waals surface area contributed by atoms with Gasteiger partial charge in [0, 0.05) is 42.9 Å². The van der Waals surface area contributed by atoms with Crippen molar-refractivity contribution >= 4 is 11.7 Å². The van der Waals surface area contributed by atoms with Crippen LogP contribution in [0.15, 0.2) is 48.5 Å². The van der Waals surface area contributed by atoms with Gasteiger partial charge in [-0.3, -0.25) is 14.7 Å². The van der Waals surface area contributed by atoms with Gasteiger partial charge in [-0.2, -0.15) is 0 Å². The topological polar surface area (TPSA) is 86.1 Å². The monoisotopic (exact) mass is 647 g/mol. The van der Waals surface area contributed by atoms with Gasteiger partial charge in [-0.1, -0.05) is 44.5 Å². The number of pyridine rings is 1. The van der Waals surface area contributed by atoms with E-state index < -0.39 is 11.6 Å². The Labute approximate surface area is 280 Å². The summed E-state index contributed by atoms with van der Waals surface area (Å²) < 4.78 is 19.3. The normalized spacial score (nSPS) is 16.7. The first-order valence-electron chi connectivity index (χ1n) is 17.1. The molecule has 0 radical (unpaired) electrons. The van der Waals surface area contributed by atoms with Gasteiger partial charge in [-0.25, -0.2) is 4.39 Å². The molecule has 0 unspecified atom stereocenters. The number of aromatic nitrogens is 1. The number of carbonyl (C=O) groups is 1. The third kappa shape index (κ3) is 11.3. The number of nitrogens with zero attached hydrogens (tertiary/aromatic N) is 3. The summed E-state index contributed by atoms with van der Waals surface area (Å²) in [5.74, 6) is -0.302. The molecule has 0 atom stereocenters. The third-order valence-electron chi connectivity index (χ3n) is 8.85. The van der Waals surface area contributed by atoms with Crippen molar-refractivity contribution in [2.24, 2.45) is 5.41 Å². The molecule has 0 amide bonds. The van der Waals surface area contributed by atoms with Crippen LogP contribution in [0.3, 0.4) is 0 Å². The number of carboxylic acid groups (broad SMARTS) is 1. The van der Waals surface area contributed by atoms with E-state index in [0.29, 0.717) is 13.0 Å². The molecule has 1 aromatic heterocycles. The molecule has 0 spiro atoms. The predicted molar refractivity (Wildman–Crippen MR) is 188 cm³/mol. The number of ether oxygens (including phenoxy) is 1. The number of carboxylic acids is 1. The molecule has 7 nitrogen and oxygen atoms in total. The minimum atomic E-state index is -0.835. The van der Waals surface area contributed by atoms with Gasteiger partial charge in [-0.05, 0) is 107 Å². The standard InChI is InChI=1S/C35H44FN3O3.C4H10O/c1-25-30(23-32(40)41)34(39-20-16-35(2,3)17-21-39)33(31(37-25)24-38-18-5-4-6-19-38)27-9-13-29(14-10-27)42-22-15-26-7-11-28(36)12-8-26;1-4(2,3)5/h7-14H,4-6,15-24H2,1-3H3,(H,40,41);5H,1-3H3. The molecule has 2 N–H and O–H groups in total. The summed E-state index contributed by atoms with van der Waals surface area (Å²) in [5, 5.41) is 18.4. The van der Waals surface area contributed by atoms with Gasteiger partial charge in [0.25, 0.3) is 0 Å². The van der Waals surface area contributed by atoms with Crippen LogP contribution < -0.4 is 9.64 Å².